The Morgan fingerprint density at radius 1 is 0.927 bits per heavy atom. The van der Waals surface area contributed by atoms with Crippen molar-refractivity contribution < 1.29 is 18.7 Å². The second kappa shape index (κ2) is 12.4. The summed E-state index contributed by atoms with van der Waals surface area (Å²) >= 11 is 0. The molecule has 0 radical (unpaired) electrons. The molecule has 218 valence electrons. The summed E-state index contributed by atoms with van der Waals surface area (Å²) in [5, 5.41) is 0. The molecule has 0 unspecified atom stereocenters. The summed E-state index contributed by atoms with van der Waals surface area (Å²) in [5.41, 5.74) is 3.90. The number of carbonyl (C=O) groups is 2. The lowest BCUT2D eigenvalue weighted by molar-refractivity contribution is -0.138. The first kappa shape index (κ1) is 28.0. The number of piperazine rings is 1. The van der Waals surface area contributed by atoms with E-state index in [2.05, 4.69) is 44.9 Å². The van der Waals surface area contributed by atoms with Crippen LogP contribution in [0, 0.1) is 11.7 Å². The lowest BCUT2D eigenvalue weighted by Crippen LogP contribution is -2.50. The molecule has 0 aromatic heterocycles. The second-order valence-corrected chi connectivity index (χ2v) is 11.9. The number of nitrogens with zero attached hydrogens (tertiary/aromatic N) is 5. The Balaban J connectivity index is 1.22. The van der Waals surface area contributed by atoms with Crippen LogP contribution >= 0.6 is 0 Å². The Morgan fingerprint density at radius 3 is 2.34 bits per heavy atom. The van der Waals surface area contributed by atoms with Crippen LogP contribution in [0.3, 0.4) is 0 Å². The molecule has 2 aromatic carbocycles. The molecule has 9 heteroatoms. The monoisotopic (exact) mass is 561 g/mol. The smallest absolute Gasteiger partial charge is 0.278 e. The van der Waals surface area contributed by atoms with Crippen LogP contribution in [0.2, 0.25) is 0 Å². The molecule has 2 saturated heterocycles. The first-order valence-electron chi connectivity index (χ1n) is 15.0. The van der Waals surface area contributed by atoms with E-state index < -0.39 is 0 Å². The molecule has 0 spiro atoms. The maximum absolute atomic E-state index is 13.5. The molecule has 6 rings (SSSR count). The lowest BCUT2D eigenvalue weighted by Gasteiger charge is -2.39. The Morgan fingerprint density at radius 2 is 1.63 bits per heavy atom. The fourth-order valence-corrected chi connectivity index (χ4v) is 6.63. The van der Waals surface area contributed by atoms with Crippen molar-refractivity contribution in [3.05, 3.63) is 65.0 Å². The molecule has 41 heavy (non-hydrogen) atoms. The molecule has 8 nitrogen and oxygen atoms in total. The average molecular weight is 562 g/mol. The topological polar surface area (TPSA) is 68.7 Å². The van der Waals surface area contributed by atoms with Gasteiger partial charge in [0.2, 0.25) is 5.91 Å². The zero-order chi connectivity index (χ0) is 28.3. The Kier molecular flexibility index (Phi) is 8.46. The van der Waals surface area contributed by atoms with Gasteiger partial charge in [0.25, 0.3) is 5.91 Å². The maximum Gasteiger partial charge on any atom is 0.278 e. The Labute approximate surface area is 241 Å². The minimum Gasteiger partial charge on any atom is -0.379 e. The van der Waals surface area contributed by atoms with Crippen molar-refractivity contribution in [1.82, 2.24) is 14.7 Å². The third kappa shape index (κ3) is 6.37. The predicted octanol–water partition coefficient (Wildman–Crippen LogP) is 3.59. The van der Waals surface area contributed by atoms with Crippen LogP contribution in [0.5, 0.6) is 0 Å². The number of hydrogen-bond donors (Lipinski definition) is 0. The van der Waals surface area contributed by atoms with Crippen LogP contribution in [0.25, 0.3) is 0 Å². The quantitative estimate of drug-likeness (QED) is 0.556. The van der Waals surface area contributed by atoms with Gasteiger partial charge in [-0.05, 0) is 74.2 Å². The van der Waals surface area contributed by atoms with Crippen molar-refractivity contribution in [3.63, 3.8) is 0 Å². The van der Waals surface area contributed by atoms with Gasteiger partial charge in [-0.1, -0.05) is 12.1 Å². The summed E-state index contributed by atoms with van der Waals surface area (Å²) in [5.74, 6) is 0.369. The molecule has 3 fully saturated rings. The molecule has 1 aliphatic carbocycles. The highest BCUT2D eigenvalue weighted by molar-refractivity contribution is 6.12. The summed E-state index contributed by atoms with van der Waals surface area (Å²) in [6.07, 6.45) is 4.02. The first-order chi connectivity index (χ1) is 19.9. The van der Waals surface area contributed by atoms with Gasteiger partial charge >= 0.3 is 0 Å². The molecular weight excluding hydrogens is 521 g/mol. The minimum atomic E-state index is -0.375. The molecule has 0 atom stereocenters. The zero-order valence-corrected chi connectivity index (χ0v) is 23.9. The molecule has 2 aromatic rings. The average Bonchev–Trinajstić information content (AvgIpc) is 3.35. The number of amides is 2. The highest BCUT2D eigenvalue weighted by atomic mass is 19.1. The molecule has 1 saturated carbocycles. The molecular formula is C32H40FN5O3. The molecule has 4 aliphatic rings. The van der Waals surface area contributed by atoms with Crippen molar-refractivity contribution in [2.45, 2.75) is 44.7 Å². The van der Waals surface area contributed by atoms with Crippen LogP contribution in [0.1, 0.15) is 47.2 Å². The van der Waals surface area contributed by atoms with E-state index in [0.717, 1.165) is 102 Å². The van der Waals surface area contributed by atoms with E-state index in [4.69, 9.17) is 4.74 Å². The van der Waals surface area contributed by atoms with Gasteiger partial charge in [-0.2, -0.15) is 4.99 Å². The molecule has 3 heterocycles. The molecule has 2 amide bonds. The SMILES string of the molecule is CN1CCN(C(=O)C2CCC(N3C(=NC(=O)c4ccc(F)cc4)Cc4ccc(CN5CCOCC5)cc43)CC2)CC1. The van der Waals surface area contributed by atoms with Gasteiger partial charge < -0.3 is 19.4 Å². The first-order valence-corrected chi connectivity index (χ1v) is 15.0. The van der Waals surface area contributed by atoms with E-state index in [1.807, 2.05) is 4.90 Å². The normalized spacial score (nSPS) is 25.0. The Hall–Kier alpha value is -3.14. The van der Waals surface area contributed by atoms with E-state index in [0.29, 0.717) is 17.9 Å². The van der Waals surface area contributed by atoms with Crippen molar-refractivity contribution in [3.8, 4) is 0 Å². The minimum absolute atomic E-state index is 0.0608. The largest absolute Gasteiger partial charge is 0.379 e. The highest BCUT2D eigenvalue weighted by Crippen LogP contribution is 2.38. The van der Waals surface area contributed by atoms with E-state index in [9.17, 15) is 14.0 Å². The second-order valence-electron chi connectivity index (χ2n) is 11.9. The molecule has 3 aliphatic heterocycles. The summed E-state index contributed by atoms with van der Waals surface area (Å²) in [7, 11) is 2.10. The summed E-state index contributed by atoms with van der Waals surface area (Å²) in [6, 6.07) is 12.4. The number of halogens is 1. The predicted molar refractivity (Wildman–Crippen MR) is 157 cm³/mol. The van der Waals surface area contributed by atoms with Crippen LogP contribution in [0.15, 0.2) is 47.5 Å². The van der Waals surface area contributed by atoms with Gasteiger partial charge in [-0.3, -0.25) is 14.5 Å². The van der Waals surface area contributed by atoms with E-state index in [-0.39, 0.29) is 23.7 Å². The third-order valence-electron chi connectivity index (χ3n) is 9.09. The lowest BCUT2D eigenvalue weighted by atomic mass is 9.84. The maximum atomic E-state index is 13.5. The number of amidine groups is 1. The van der Waals surface area contributed by atoms with Gasteiger partial charge in [0.15, 0.2) is 0 Å². The standard InChI is InChI=1S/C32H40FN5O3/c1-35-12-14-37(15-13-35)32(40)25-6-10-28(11-7-25)38-29-20-23(22-36-16-18-41-19-17-36)2-3-26(29)21-30(38)34-31(39)24-4-8-27(33)9-5-24/h2-5,8-9,20,25,28H,6-7,10-19,21-22H2,1H3. The fourth-order valence-electron chi connectivity index (χ4n) is 6.63. The van der Waals surface area contributed by atoms with Crippen LogP contribution in [0.4, 0.5) is 10.1 Å². The number of benzene rings is 2. The van der Waals surface area contributed by atoms with Crippen LogP contribution in [-0.2, 0) is 22.5 Å². The van der Waals surface area contributed by atoms with E-state index >= 15 is 0 Å². The number of carbonyl (C=O) groups excluding carboxylic acids is 2. The number of rotatable bonds is 5. The zero-order valence-electron chi connectivity index (χ0n) is 23.9. The molecule has 0 bridgehead atoms. The van der Waals surface area contributed by atoms with E-state index in [1.54, 1.807) is 0 Å². The number of likely N-dealkylation sites (N-methyl/N-ethyl adjacent to an activating group) is 1. The van der Waals surface area contributed by atoms with Crippen molar-refractivity contribution in [2.75, 3.05) is 64.4 Å². The van der Waals surface area contributed by atoms with Crippen molar-refractivity contribution in [2.24, 2.45) is 10.9 Å². The van der Waals surface area contributed by atoms with Gasteiger partial charge in [0, 0.05) is 75.4 Å². The Bertz CT molecular complexity index is 1280. The number of aliphatic imine (C=N–C) groups is 1. The number of hydrogen-bond acceptors (Lipinski definition) is 5. The molecule has 0 N–H and O–H groups in total. The summed E-state index contributed by atoms with van der Waals surface area (Å²) < 4.78 is 19.0. The number of anilines is 1. The third-order valence-corrected chi connectivity index (χ3v) is 9.09. The van der Waals surface area contributed by atoms with Crippen molar-refractivity contribution in [1.29, 1.82) is 0 Å². The van der Waals surface area contributed by atoms with Gasteiger partial charge in [0.1, 0.15) is 11.7 Å². The highest BCUT2D eigenvalue weighted by Gasteiger charge is 2.37. The number of morpholine rings is 1. The van der Waals surface area contributed by atoms with Crippen molar-refractivity contribution >= 4 is 23.3 Å². The van der Waals surface area contributed by atoms with Gasteiger partial charge in [-0.15, -0.1) is 0 Å². The van der Waals surface area contributed by atoms with E-state index in [1.165, 1.54) is 29.8 Å². The summed E-state index contributed by atoms with van der Waals surface area (Å²) in [6.45, 7) is 7.70. The number of fused-ring (bicyclic) bond motifs is 1. The van der Waals surface area contributed by atoms with Gasteiger partial charge in [0.05, 0.1) is 13.2 Å². The summed E-state index contributed by atoms with van der Waals surface area (Å²) in [4.78, 5) is 40.0. The number of ether oxygens (including phenoxy) is 1. The fraction of sp³-hybridized carbons (Fsp3) is 0.531. The van der Waals surface area contributed by atoms with Crippen LogP contribution in [-0.4, -0.2) is 97.9 Å². The van der Waals surface area contributed by atoms with Crippen LogP contribution < -0.4 is 4.90 Å². The van der Waals surface area contributed by atoms with Gasteiger partial charge in [-0.25, -0.2) is 4.39 Å².